The van der Waals surface area contributed by atoms with Gasteiger partial charge in [-0.1, -0.05) is 54.1 Å². The molecular weight excluding hydrogens is 406 g/mol. The molecule has 4 rings (SSSR count). The van der Waals surface area contributed by atoms with Crippen molar-refractivity contribution < 1.29 is 9.53 Å². The van der Waals surface area contributed by atoms with Gasteiger partial charge in [-0.2, -0.15) is 0 Å². The third-order valence-corrected chi connectivity index (χ3v) is 5.75. The monoisotopic (exact) mass is 431 g/mol. The first-order valence-electron chi connectivity index (χ1n) is 10.7. The molecule has 0 amide bonds. The third-order valence-electron chi connectivity index (χ3n) is 5.50. The standard InChI is InChI=1S/C27H26ClNO2/c28-24-12-8-21(9-13-24)20-26(22-6-2-1-3-7-22)27(30)23-10-14-25(15-11-23)31-19-18-29-16-4-5-17-29/h1-3,6-15,20H,4-5,16-19H2/b26-20+. The van der Waals surface area contributed by atoms with Gasteiger partial charge in [0.25, 0.3) is 0 Å². The highest BCUT2D eigenvalue weighted by atomic mass is 35.5. The summed E-state index contributed by atoms with van der Waals surface area (Å²) < 4.78 is 5.87. The summed E-state index contributed by atoms with van der Waals surface area (Å²) in [5.41, 5.74) is 3.09. The summed E-state index contributed by atoms with van der Waals surface area (Å²) >= 11 is 6.01. The zero-order valence-corrected chi connectivity index (χ0v) is 18.2. The summed E-state index contributed by atoms with van der Waals surface area (Å²) in [6.07, 6.45) is 4.47. The number of hydrogen-bond donors (Lipinski definition) is 0. The SMILES string of the molecule is O=C(/C(=C/c1ccc(Cl)cc1)c1ccccc1)c1ccc(OCCN2CCCC2)cc1. The Morgan fingerprint density at radius 2 is 1.55 bits per heavy atom. The molecule has 3 nitrogen and oxygen atoms in total. The molecule has 0 atom stereocenters. The van der Waals surface area contributed by atoms with E-state index in [-0.39, 0.29) is 5.78 Å². The van der Waals surface area contributed by atoms with E-state index in [2.05, 4.69) is 4.90 Å². The van der Waals surface area contributed by atoms with E-state index in [1.165, 1.54) is 25.9 Å². The Labute approximate surface area is 188 Å². The summed E-state index contributed by atoms with van der Waals surface area (Å²) in [7, 11) is 0. The van der Waals surface area contributed by atoms with Crippen LogP contribution in [-0.4, -0.2) is 36.9 Å². The number of allylic oxidation sites excluding steroid dienone is 1. The van der Waals surface area contributed by atoms with Gasteiger partial charge in [-0.05, 0) is 79.5 Å². The summed E-state index contributed by atoms with van der Waals surface area (Å²) in [4.78, 5) is 15.8. The zero-order valence-electron chi connectivity index (χ0n) is 17.5. The number of hydrogen-bond acceptors (Lipinski definition) is 3. The molecule has 0 spiro atoms. The Morgan fingerprint density at radius 3 is 2.23 bits per heavy atom. The van der Waals surface area contributed by atoms with Gasteiger partial charge in [0.15, 0.2) is 5.78 Å². The topological polar surface area (TPSA) is 29.5 Å². The van der Waals surface area contributed by atoms with Crippen LogP contribution in [0.15, 0.2) is 78.9 Å². The number of nitrogens with zero attached hydrogens (tertiary/aromatic N) is 1. The second-order valence-electron chi connectivity index (χ2n) is 7.73. The fraction of sp³-hybridized carbons (Fsp3) is 0.222. The smallest absolute Gasteiger partial charge is 0.193 e. The summed E-state index contributed by atoms with van der Waals surface area (Å²) in [5, 5.41) is 0.671. The Kier molecular flexibility index (Phi) is 7.18. The maximum atomic E-state index is 13.4. The lowest BCUT2D eigenvalue weighted by molar-refractivity contribution is 0.105. The number of rotatable bonds is 8. The first kappa shape index (κ1) is 21.4. The molecule has 158 valence electrons. The fourth-order valence-electron chi connectivity index (χ4n) is 3.78. The molecule has 1 fully saturated rings. The molecule has 0 radical (unpaired) electrons. The van der Waals surface area contributed by atoms with Crippen LogP contribution in [0.25, 0.3) is 11.6 Å². The fourth-order valence-corrected chi connectivity index (χ4v) is 3.91. The number of benzene rings is 3. The molecule has 0 bridgehead atoms. The van der Waals surface area contributed by atoms with Crippen LogP contribution in [0.5, 0.6) is 5.75 Å². The van der Waals surface area contributed by atoms with Crippen molar-refractivity contribution in [2.45, 2.75) is 12.8 Å². The van der Waals surface area contributed by atoms with Crippen molar-refractivity contribution >= 4 is 29.0 Å². The molecule has 0 unspecified atom stereocenters. The van der Waals surface area contributed by atoms with Gasteiger partial charge >= 0.3 is 0 Å². The molecule has 0 N–H and O–H groups in total. The van der Waals surface area contributed by atoms with Crippen LogP contribution in [0.1, 0.15) is 34.3 Å². The predicted octanol–water partition coefficient (Wildman–Crippen LogP) is 6.24. The van der Waals surface area contributed by atoms with Crippen LogP contribution >= 0.6 is 11.6 Å². The van der Waals surface area contributed by atoms with Crippen LogP contribution in [0.3, 0.4) is 0 Å². The first-order valence-corrected chi connectivity index (χ1v) is 11.1. The molecule has 3 aromatic rings. The Balaban J connectivity index is 1.50. The average Bonchev–Trinajstić information content (AvgIpc) is 3.33. The van der Waals surface area contributed by atoms with Gasteiger partial charge < -0.3 is 4.74 Å². The van der Waals surface area contributed by atoms with E-state index < -0.39 is 0 Å². The van der Waals surface area contributed by atoms with Crippen LogP contribution in [-0.2, 0) is 0 Å². The van der Waals surface area contributed by atoms with Crippen molar-refractivity contribution in [3.8, 4) is 5.75 Å². The molecule has 1 heterocycles. The van der Waals surface area contributed by atoms with E-state index in [4.69, 9.17) is 16.3 Å². The largest absolute Gasteiger partial charge is 0.492 e. The van der Waals surface area contributed by atoms with E-state index in [1.807, 2.05) is 84.9 Å². The van der Waals surface area contributed by atoms with E-state index in [1.54, 1.807) is 0 Å². The third kappa shape index (κ3) is 5.84. The van der Waals surface area contributed by atoms with E-state index in [0.29, 0.717) is 22.8 Å². The lowest BCUT2D eigenvalue weighted by Gasteiger charge is -2.15. The van der Waals surface area contributed by atoms with E-state index in [0.717, 1.165) is 23.4 Å². The Morgan fingerprint density at radius 1 is 0.871 bits per heavy atom. The predicted molar refractivity (Wildman–Crippen MR) is 128 cm³/mol. The summed E-state index contributed by atoms with van der Waals surface area (Å²) in [6, 6.07) is 24.6. The van der Waals surface area contributed by atoms with Gasteiger partial charge in [-0.3, -0.25) is 9.69 Å². The molecule has 4 heteroatoms. The second kappa shape index (κ2) is 10.4. The molecule has 3 aromatic carbocycles. The highest BCUT2D eigenvalue weighted by Gasteiger charge is 2.15. The number of carbonyl (C=O) groups excluding carboxylic acids is 1. The highest BCUT2D eigenvalue weighted by Crippen LogP contribution is 2.25. The van der Waals surface area contributed by atoms with Crippen molar-refractivity contribution in [2.24, 2.45) is 0 Å². The lowest BCUT2D eigenvalue weighted by atomic mass is 9.95. The molecule has 0 aromatic heterocycles. The highest BCUT2D eigenvalue weighted by molar-refractivity contribution is 6.32. The number of carbonyl (C=O) groups is 1. The number of halogens is 1. The van der Waals surface area contributed by atoms with Gasteiger partial charge in [0, 0.05) is 22.7 Å². The van der Waals surface area contributed by atoms with Gasteiger partial charge in [0.2, 0.25) is 0 Å². The molecule has 1 aliphatic rings. The maximum absolute atomic E-state index is 13.4. The van der Waals surface area contributed by atoms with Gasteiger partial charge in [-0.15, -0.1) is 0 Å². The molecular formula is C27H26ClNO2. The minimum absolute atomic E-state index is 0.0234. The molecule has 0 aliphatic carbocycles. The summed E-state index contributed by atoms with van der Waals surface area (Å²) in [5.74, 6) is 0.767. The van der Waals surface area contributed by atoms with Crippen molar-refractivity contribution in [1.82, 2.24) is 4.90 Å². The molecule has 31 heavy (non-hydrogen) atoms. The van der Waals surface area contributed by atoms with Gasteiger partial charge in [-0.25, -0.2) is 0 Å². The van der Waals surface area contributed by atoms with Gasteiger partial charge in [0.1, 0.15) is 12.4 Å². The number of ether oxygens (including phenoxy) is 1. The maximum Gasteiger partial charge on any atom is 0.193 e. The van der Waals surface area contributed by atoms with Crippen LogP contribution in [0.4, 0.5) is 0 Å². The summed E-state index contributed by atoms with van der Waals surface area (Å²) in [6.45, 7) is 3.94. The van der Waals surface area contributed by atoms with Crippen LogP contribution < -0.4 is 4.74 Å². The van der Waals surface area contributed by atoms with Crippen LogP contribution in [0.2, 0.25) is 5.02 Å². The minimum Gasteiger partial charge on any atom is -0.492 e. The van der Waals surface area contributed by atoms with Crippen molar-refractivity contribution in [3.05, 3.63) is 101 Å². The second-order valence-corrected chi connectivity index (χ2v) is 8.16. The molecule has 1 saturated heterocycles. The molecule has 1 aliphatic heterocycles. The van der Waals surface area contributed by atoms with Gasteiger partial charge in [0.05, 0.1) is 0 Å². The molecule has 0 saturated carbocycles. The van der Waals surface area contributed by atoms with Crippen molar-refractivity contribution in [2.75, 3.05) is 26.2 Å². The normalized spacial score (nSPS) is 14.5. The number of likely N-dealkylation sites (tertiary alicyclic amines) is 1. The van der Waals surface area contributed by atoms with Crippen LogP contribution in [0, 0.1) is 0 Å². The van der Waals surface area contributed by atoms with E-state index in [9.17, 15) is 4.79 Å². The Bertz CT molecular complexity index is 1020. The van der Waals surface area contributed by atoms with Crippen molar-refractivity contribution in [1.29, 1.82) is 0 Å². The zero-order chi connectivity index (χ0) is 21.5. The average molecular weight is 432 g/mol. The van der Waals surface area contributed by atoms with Crippen molar-refractivity contribution in [3.63, 3.8) is 0 Å². The Hall–Kier alpha value is -2.88. The van der Waals surface area contributed by atoms with E-state index >= 15 is 0 Å². The first-order chi connectivity index (χ1) is 15.2. The number of Topliss-reactive ketones (excluding diaryl/α,β-unsaturated/α-hetero) is 1. The lowest BCUT2D eigenvalue weighted by Crippen LogP contribution is -2.25. The number of ketones is 1. The quantitative estimate of drug-likeness (QED) is 0.240. The minimum atomic E-state index is -0.0234.